The highest BCUT2D eigenvalue weighted by molar-refractivity contribution is 5.89. The fourth-order valence-corrected chi connectivity index (χ4v) is 2.71. The Kier molecular flexibility index (Phi) is 12.0. The molecule has 1 aromatic carbocycles. The Morgan fingerprint density at radius 2 is 1.82 bits per heavy atom. The summed E-state index contributed by atoms with van der Waals surface area (Å²) in [6.07, 6.45) is 4.02. The van der Waals surface area contributed by atoms with Gasteiger partial charge in [0.05, 0.1) is 0 Å². The summed E-state index contributed by atoms with van der Waals surface area (Å²) in [6.45, 7) is 6.62. The number of aliphatic hydroxyl groups excluding tert-OH is 1. The van der Waals surface area contributed by atoms with Crippen molar-refractivity contribution in [3.63, 3.8) is 0 Å². The fourth-order valence-electron chi connectivity index (χ4n) is 2.71. The van der Waals surface area contributed by atoms with Crippen molar-refractivity contribution in [3.05, 3.63) is 71.4 Å². The number of nitriles is 1. The van der Waals surface area contributed by atoms with Crippen molar-refractivity contribution in [1.29, 1.82) is 5.26 Å². The molecule has 2 aromatic rings. The summed E-state index contributed by atoms with van der Waals surface area (Å²) in [4.78, 5) is 23.2. The van der Waals surface area contributed by atoms with E-state index in [2.05, 4.69) is 42.4 Å². The minimum Gasteiger partial charge on any atom is -0.478 e. The first-order valence-corrected chi connectivity index (χ1v) is 10.6. The van der Waals surface area contributed by atoms with Crippen molar-refractivity contribution in [2.75, 3.05) is 13.2 Å². The number of benzene rings is 1. The van der Waals surface area contributed by atoms with Crippen molar-refractivity contribution >= 4 is 11.9 Å². The summed E-state index contributed by atoms with van der Waals surface area (Å²) in [6, 6.07) is 14.1. The van der Waals surface area contributed by atoms with Gasteiger partial charge in [0, 0.05) is 30.4 Å². The zero-order valence-electron chi connectivity index (χ0n) is 19.6. The molecule has 0 amide bonds. The molecule has 0 radical (unpaired) electrons. The van der Waals surface area contributed by atoms with E-state index >= 15 is 0 Å². The molecular formula is C25H31N3O6. The highest BCUT2D eigenvalue weighted by Gasteiger charge is 2.19. The molecule has 182 valence electrons. The van der Waals surface area contributed by atoms with Crippen LogP contribution in [0.25, 0.3) is 0 Å². The number of nitrogens with one attached hydrogen (secondary N) is 1. The van der Waals surface area contributed by atoms with Crippen molar-refractivity contribution in [2.45, 2.75) is 45.3 Å². The van der Waals surface area contributed by atoms with E-state index in [4.69, 9.17) is 20.2 Å². The highest BCUT2D eigenvalue weighted by Crippen LogP contribution is 2.16. The lowest BCUT2D eigenvalue weighted by atomic mass is 9.95. The number of ether oxygens (including phenoxy) is 1. The van der Waals surface area contributed by atoms with Crippen LogP contribution in [0.15, 0.2) is 54.7 Å². The monoisotopic (exact) mass is 469 g/mol. The number of β-amino-alcohol motifs (C(OH)–C–C–N with tert-alkyl or cyclic N) is 1. The van der Waals surface area contributed by atoms with E-state index < -0.39 is 18.0 Å². The maximum absolute atomic E-state index is 10.2. The summed E-state index contributed by atoms with van der Waals surface area (Å²) in [7, 11) is 0. The number of aromatic nitrogens is 1. The third kappa shape index (κ3) is 12.3. The number of aliphatic carboxylic acids is 2. The molecule has 2 rings (SSSR count). The maximum atomic E-state index is 10.2. The van der Waals surface area contributed by atoms with Crippen LogP contribution in [0.4, 0.5) is 0 Å². The summed E-state index contributed by atoms with van der Waals surface area (Å²) in [5.74, 6) is -2.25. The number of nitrogens with zero attached hydrogens (tertiary/aromatic N) is 2. The Morgan fingerprint density at radius 1 is 1.21 bits per heavy atom. The molecule has 9 nitrogen and oxygen atoms in total. The Morgan fingerprint density at radius 3 is 2.38 bits per heavy atom. The molecule has 1 heterocycles. The third-order valence-electron chi connectivity index (χ3n) is 4.59. The van der Waals surface area contributed by atoms with Crippen LogP contribution < -0.4 is 10.1 Å². The van der Waals surface area contributed by atoms with Crippen LogP contribution in [0.2, 0.25) is 0 Å². The van der Waals surface area contributed by atoms with Gasteiger partial charge < -0.3 is 25.4 Å². The van der Waals surface area contributed by atoms with E-state index in [1.54, 1.807) is 12.3 Å². The summed E-state index contributed by atoms with van der Waals surface area (Å²) >= 11 is 0. The van der Waals surface area contributed by atoms with Crippen LogP contribution in [-0.4, -0.2) is 57.0 Å². The number of rotatable bonds is 11. The molecular weight excluding hydrogens is 438 g/mol. The van der Waals surface area contributed by atoms with Gasteiger partial charge in [0.15, 0.2) is 0 Å². The van der Waals surface area contributed by atoms with Crippen LogP contribution >= 0.6 is 0 Å². The molecule has 0 saturated carbocycles. The fraction of sp³-hybridized carbons (Fsp3) is 0.360. The lowest BCUT2D eigenvalue weighted by Gasteiger charge is -2.28. The predicted molar refractivity (Wildman–Crippen MR) is 126 cm³/mol. The van der Waals surface area contributed by atoms with Gasteiger partial charge in [-0.3, -0.25) is 0 Å². The lowest BCUT2D eigenvalue weighted by molar-refractivity contribution is -0.134. The minimum atomic E-state index is -1.26. The average Bonchev–Trinajstić information content (AvgIpc) is 2.80. The van der Waals surface area contributed by atoms with E-state index in [1.807, 2.05) is 25.1 Å². The number of hydrogen-bond acceptors (Lipinski definition) is 7. The molecule has 0 bridgehead atoms. The molecule has 9 heteroatoms. The second-order valence-electron chi connectivity index (χ2n) is 8.20. The molecule has 0 aliphatic rings. The number of carboxylic acid groups (broad SMARTS) is 2. The van der Waals surface area contributed by atoms with Crippen molar-refractivity contribution in [2.24, 2.45) is 0 Å². The maximum Gasteiger partial charge on any atom is 0.328 e. The number of aryl methyl sites for hydroxylation is 2. The van der Waals surface area contributed by atoms with E-state index in [0.717, 1.165) is 18.4 Å². The molecule has 0 saturated heterocycles. The molecule has 4 N–H and O–H groups in total. The standard InChI is InChI=1S/C21H27N3O2.C4H4O4/c1-16-11-18(12-22)20(23-13-16)26-15-19(25)14-24-21(2,3)10-9-17-7-5-4-6-8-17;5-3(6)1-2-4(7)8/h4-8,11,13,19,24-25H,9-10,14-15H2,1-3H3;1-2H,(H,5,6)(H,7,8). The van der Waals surface area contributed by atoms with Gasteiger partial charge in [0.25, 0.3) is 0 Å². The van der Waals surface area contributed by atoms with Crippen LogP contribution in [0.1, 0.15) is 37.0 Å². The Labute approximate surface area is 199 Å². The summed E-state index contributed by atoms with van der Waals surface area (Å²) < 4.78 is 5.52. The zero-order valence-corrected chi connectivity index (χ0v) is 19.6. The SMILES string of the molecule is Cc1cnc(OCC(O)CNC(C)(C)CCc2ccccc2)c(C#N)c1.O=C(O)C=CC(=O)O. The summed E-state index contributed by atoms with van der Waals surface area (Å²) in [5, 5.41) is 38.3. The Hall–Kier alpha value is -3.74. The molecule has 0 aliphatic carbocycles. The highest BCUT2D eigenvalue weighted by atomic mass is 16.5. The van der Waals surface area contributed by atoms with Crippen LogP contribution in [-0.2, 0) is 16.0 Å². The predicted octanol–water partition coefficient (Wildman–Crippen LogP) is 2.71. The first-order valence-electron chi connectivity index (χ1n) is 10.6. The third-order valence-corrected chi connectivity index (χ3v) is 4.59. The number of aliphatic hydroxyl groups is 1. The first kappa shape index (κ1) is 28.3. The number of hydrogen-bond donors (Lipinski definition) is 4. The van der Waals surface area contributed by atoms with Gasteiger partial charge in [-0.05, 0) is 50.8 Å². The molecule has 0 fully saturated rings. The molecule has 0 spiro atoms. The normalized spacial score (nSPS) is 11.7. The van der Waals surface area contributed by atoms with Gasteiger partial charge >= 0.3 is 11.9 Å². The van der Waals surface area contributed by atoms with Crippen LogP contribution in [0.3, 0.4) is 0 Å². The van der Waals surface area contributed by atoms with Gasteiger partial charge in [-0.25, -0.2) is 14.6 Å². The van der Waals surface area contributed by atoms with Gasteiger partial charge in [0.1, 0.15) is 24.3 Å². The van der Waals surface area contributed by atoms with Crippen LogP contribution in [0.5, 0.6) is 5.88 Å². The van der Waals surface area contributed by atoms with E-state index in [-0.39, 0.29) is 18.0 Å². The largest absolute Gasteiger partial charge is 0.478 e. The molecule has 1 atom stereocenters. The van der Waals surface area contributed by atoms with Crippen molar-refractivity contribution in [3.8, 4) is 11.9 Å². The number of carboxylic acids is 2. The quantitative estimate of drug-likeness (QED) is 0.364. The van der Waals surface area contributed by atoms with E-state index in [9.17, 15) is 14.7 Å². The van der Waals surface area contributed by atoms with Gasteiger partial charge in [-0.2, -0.15) is 5.26 Å². The molecule has 1 unspecified atom stereocenters. The van der Waals surface area contributed by atoms with Gasteiger partial charge in [-0.15, -0.1) is 0 Å². The second kappa shape index (κ2) is 14.4. The van der Waals surface area contributed by atoms with Crippen LogP contribution in [0, 0.1) is 18.3 Å². The molecule has 34 heavy (non-hydrogen) atoms. The van der Waals surface area contributed by atoms with Gasteiger partial charge in [-0.1, -0.05) is 30.3 Å². The Balaban J connectivity index is 0.000000620. The topological polar surface area (TPSA) is 153 Å². The smallest absolute Gasteiger partial charge is 0.328 e. The first-order chi connectivity index (χ1) is 16.0. The van der Waals surface area contributed by atoms with E-state index in [0.29, 0.717) is 24.3 Å². The van der Waals surface area contributed by atoms with Crippen molar-refractivity contribution < 1.29 is 29.6 Å². The lowest BCUT2D eigenvalue weighted by Crippen LogP contribution is -2.45. The molecule has 0 aliphatic heterocycles. The second-order valence-corrected chi connectivity index (χ2v) is 8.20. The number of carbonyl (C=O) groups is 2. The summed E-state index contributed by atoms with van der Waals surface area (Å²) in [5.41, 5.74) is 2.49. The number of pyridine rings is 1. The minimum absolute atomic E-state index is 0.0898. The average molecular weight is 470 g/mol. The van der Waals surface area contributed by atoms with Crippen molar-refractivity contribution in [1.82, 2.24) is 10.3 Å². The van der Waals surface area contributed by atoms with Gasteiger partial charge in [0.2, 0.25) is 5.88 Å². The van der Waals surface area contributed by atoms with E-state index in [1.165, 1.54) is 5.56 Å². The molecule has 1 aromatic heterocycles. The Bertz CT molecular complexity index is 983. The zero-order chi connectivity index (χ0) is 25.6.